The SMILES string of the molecule is C=C/C=C(\C=C/C(C)CC(=C)c1c(C)cc(C)cc1C)C(=O)c1ccccc1C. The van der Waals surface area contributed by atoms with Crippen LogP contribution in [0.1, 0.15) is 51.5 Å². The first kappa shape index (κ1) is 22.4. The van der Waals surface area contributed by atoms with E-state index in [0.717, 1.165) is 23.1 Å². The number of hydrogen-bond acceptors (Lipinski definition) is 1. The summed E-state index contributed by atoms with van der Waals surface area (Å²) in [4.78, 5) is 12.9. The van der Waals surface area contributed by atoms with Crippen molar-refractivity contribution in [2.24, 2.45) is 5.92 Å². The van der Waals surface area contributed by atoms with Gasteiger partial charge in [-0.25, -0.2) is 0 Å². The van der Waals surface area contributed by atoms with Crippen molar-refractivity contribution < 1.29 is 4.79 Å². The van der Waals surface area contributed by atoms with Gasteiger partial charge in [-0.1, -0.05) is 86.3 Å². The van der Waals surface area contributed by atoms with E-state index in [0.29, 0.717) is 5.57 Å². The molecule has 0 amide bonds. The fourth-order valence-corrected chi connectivity index (χ4v) is 3.88. The van der Waals surface area contributed by atoms with E-state index >= 15 is 0 Å². The van der Waals surface area contributed by atoms with Gasteiger partial charge in [-0.15, -0.1) is 0 Å². The maximum atomic E-state index is 12.9. The van der Waals surface area contributed by atoms with Gasteiger partial charge in [0, 0.05) is 11.1 Å². The summed E-state index contributed by atoms with van der Waals surface area (Å²) in [5.41, 5.74) is 8.57. The highest BCUT2D eigenvalue weighted by Gasteiger charge is 2.13. The molecule has 0 spiro atoms. The molecule has 0 heterocycles. The van der Waals surface area contributed by atoms with E-state index in [4.69, 9.17) is 0 Å². The predicted molar refractivity (Wildman–Crippen MR) is 126 cm³/mol. The molecular formula is C28H32O. The van der Waals surface area contributed by atoms with Crippen molar-refractivity contribution >= 4 is 11.4 Å². The standard InChI is InChI=1S/C28H32O/c1-8-11-25(28(29)26-13-10-9-12-21(26)4)15-14-19(2)16-22(5)27-23(6)17-20(3)18-24(27)7/h8-15,17-19H,1,5,16H2,2-4,6-7H3/b15-14-,25-11+. The van der Waals surface area contributed by atoms with Crippen LogP contribution in [-0.4, -0.2) is 5.78 Å². The van der Waals surface area contributed by atoms with E-state index in [1.807, 2.05) is 37.3 Å². The monoisotopic (exact) mass is 384 g/mol. The third-order valence-electron chi connectivity index (χ3n) is 5.15. The van der Waals surface area contributed by atoms with Crippen LogP contribution in [0.15, 0.2) is 79.4 Å². The Kier molecular flexibility index (Phi) is 7.73. The van der Waals surface area contributed by atoms with E-state index in [9.17, 15) is 4.79 Å². The molecule has 29 heavy (non-hydrogen) atoms. The number of carbonyl (C=O) groups is 1. The van der Waals surface area contributed by atoms with Gasteiger partial charge in [-0.3, -0.25) is 4.79 Å². The molecule has 2 aromatic carbocycles. The maximum Gasteiger partial charge on any atom is 0.193 e. The molecule has 0 aromatic heterocycles. The average Bonchev–Trinajstić information content (AvgIpc) is 2.64. The molecule has 0 aliphatic rings. The lowest BCUT2D eigenvalue weighted by atomic mass is 9.89. The summed E-state index contributed by atoms with van der Waals surface area (Å²) in [6, 6.07) is 12.1. The Balaban J connectivity index is 2.17. The van der Waals surface area contributed by atoms with Gasteiger partial charge in [0.15, 0.2) is 5.78 Å². The van der Waals surface area contributed by atoms with Crippen LogP contribution < -0.4 is 0 Å². The fraction of sp³-hybridized carbons (Fsp3) is 0.250. The van der Waals surface area contributed by atoms with Crippen LogP contribution in [0.25, 0.3) is 5.57 Å². The van der Waals surface area contributed by atoms with Gasteiger partial charge >= 0.3 is 0 Å². The van der Waals surface area contributed by atoms with Gasteiger partial charge < -0.3 is 0 Å². The van der Waals surface area contributed by atoms with Gasteiger partial charge in [-0.05, 0) is 67.9 Å². The molecule has 0 aliphatic carbocycles. The Morgan fingerprint density at radius 3 is 2.24 bits per heavy atom. The van der Waals surface area contributed by atoms with Gasteiger partial charge in [0.2, 0.25) is 0 Å². The second-order valence-corrected chi connectivity index (χ2v) is 7.92. The quantitative estimate of drug-likeness (QED) is 0.261. The molecule has 1 nitrogen and oxygen atoms in total. The third kappa shape index (κ3) is 5.77. The van der Waals surface area contributed by atoms with Gasteiger partial charge in [0.25, 0.3) is 0 Å². The Morgan fingerprint density at radius 1 is 1.03 bits per heavy atom. The Labute approximate surface area is 176 Å². The number of allylic oxidation sites excluding steroid dienone is 6. The lowest BCUT2D eigenvalue weighted by Crippen LogP contribution is -2.04. The molecule has 1 atom stereocenters. The average molecular weight is 385 g/mol. The molecule has 0 N–H and O–H groups in total. The maximum absolute atomic E-state index is 12.9. The van der Waals surface area contributed by atoms with Crippen LogP contribution in [0, 0.1) is 33.6 Å². The van der Waals surface area contributed by atoms with E-state index in [1.165, 1.54) is 22.3 Å². The van der Waals surface area contributed by atoms with E-state index in [-0.39, 0.29) is 11.7 Å². The molecule has 2 aromatic rings. The van der Waals surface area contributed by atoms with E-state index in [1.54, 1.807) is 12.2 Å². The zero-order chi connectivity index (χ0) is 21.6. The molecule has 0 radical (unpaired) electrons. The highest BCUT2D eigenvalue weighted by atomic mass is 16.1. The van der Waals surface area contributed by atoms with Crippen molar-refractivity contribution in [2.75, 3.05) is 0 Å². The van der Waals surface area contributed by atoms with Crippen LogP contribution in [0.2, 0.25) is 0 Å². The molecule has 150 valence electrons. The molecule has 0 saturated heterocycles. The highest BCUT2D eigenvalue weighted by Crippen LogP contribution is 2.28. The first-order valence-electron chi connectivity index (χ1n) is 10.1. The van der Waals surface area contributed by atoms with Crippen molar-refractivity contribution in [3.8, 4) is 0 Å². The van der Waals surface area contributed by atoms with Crippen LogP contribution in [0.3, 0.4) is 0 Å². The van der Waals surface area contributed by atoms with Gasteiger partial charge in [0.1, 0.15) is 0 Å². The van der Waals surface area contributed by atoms with E-state index < -0.39 is 0 Å². The number of rotatable bonds is 8. The third-order valence-corrected chi connectivity index (χ3v) is 5.15. The molecule has 0 bridgehead atoms. The molecule has 1 unspecified atom stereocenters. The van der Waals surface area contributed by atoms with Crippen LogP contribution >= 0.6 is 0 Å². The summed E-state index contributed by atoms with van der Waals surface area (Å²) >= 11 is 0. The lowest BCUT2D eigenvalue weighted by molar-refractivity contribution is 0.103. The van der Waals surface area contributed by atoms with Crippen molar-refractivity contribution in [3.63, 3.8) is 0 Å². The minimum Gasteiger partial charge on any atom is -0.289 e. The Morgan fingerprint density at radius 2 is 1.66 bits per heavy atom. The summed E-state index contributed by atoms with van der Waals surface area (Å²) in [6.45, 7) is 18.6. The van der Waals surface area contributed by atoms with Gasteiger partial charge in [-0.2, -0.15) is 0 Å². The molecule has 2 rings (SSSR count). The van der Waals surface area contributed by atoms with Gasteiger partial charge in [0.05, 0.1) is 0 Å². The highest BCUT2D eigenvalue weighted by molar-refractivity contribution is 6.11. The topological polar surface area (TPSA) is 17.1 Å². The Bertz CT molecular complexity index is 962. The molecular weight excluding hydrogens is 352 g/mol. The first-order chi connectivity index (χ1) is 13.7. The van der Waals surface area contributed by atoms with Crippen molar-refractivity contribution in [1.82, 2.24) is 0 Å². The van der Waals surface area contributed by atoms with Crippen molar-refractivity contribution in [2.45, 2.75) is 41.0 Å². The summed E-state index contributed by atoms with van der Waals surface area (Å²) in [5.74, 6) is 0.288. The molecule has 1 heteroatoms. The fourth-order valence-electron chi connectivity index (χ4n) is 3.88. The van der Waals surface area contributed by atoms with Crippen molar-refractivity contribution in [1.29, 1.82) is 0 Å². The van der Waals surface area contributed by atoms with Crippen molar-refractivity contribution in [3.05, 3.63) is 113 Å². The number of carbonyl (C=O) groups excluding carboxylic acids is 1. The molecule has 0 saturated carbocycles. The normalized spacial score (nSPS) is 12.8. The second-order valence-electron chi connectivity index (χ2n) is 7.92. The summed E-state index contributed by atoms with van der Waals surface area (Å²) in [5, 5.41) is 0. The second kappa shape index (κ2) is 10.0. The number of Topliss-reactive ketones (excluding diaryl/α,β-unsaturated/α-hetero) is 1. The smallest absolute Gasteiger partial charge is 0.193 e. The summed E-state index contributed by atoms with van der Waals surface area (Å²) in [6.07, 6.45) is 8.31. The van der Waals surface area contributed by atoms with E-state index in [2.05, 4.69) is 59.1 Å². The Hall–Kier alpha value is -2.93. The first-order valence-corrected chi connectivity index (χ1v) is 10.1. The molecule has 0 aliphatic heterocycles. The lowest BCUT2D eigenvalue weighted by Gasteiger charge is -2.16. The van der Waals surface area contributed by atoms with Crippen LogP contribution in [0.5, 0.6) is 0 Å². The minimum absolute atomic E-state index is 0.0236. The largest absolute Gasteiger partial charge is 0.289 e. The number of ketones is 1. The zero-order valence-corrected chi connectivity index (χ0v) is 18.4. The summed E-state index contributed by atoms with van der Waals surface area (Å²) in [7, 11) is 0. The minimum atomic E-state index is 0.0236. The zero-order valence-electron chi connectivity index (χ0n) is 18.4. The number of benzene rings is 2. The predicted octanol–water partition coefficient (Wildman–Crippen LogP) is 7.51. The molecule has 0 fully saturated rings. The van der Waals surface area contributed by atoms with Crippen LogP contribution in [-0.2, 0) is 0 Å². The number of aryl methyl sites for hydroxylation is 4. The number of hydrogen-bond donors (Lipinski definition) is 0. The summed E-state index contributed by atoms with van der Waals surface area (Å²) < 4.78 is 0. The van der Waals surface area contributed by atoms with Crippen LogP contribution in [0.4, 0.5) is 0 Å².